The number of rotatable bonds is 14. The summed E-state index contributed by atoms with van der Waals surface area (Å²) in [6, 6.07) is 12.6. The minimum absolute atomic E-state index is 0.0832. The van der Waals surface area contributed by atoms with E-state index in [0.29, 0.717) is 24.1 Å². The third-order valence-electron chi connectivity index (χ3n) is 5.33. The average Bonchev–Trinajstić information content (AvgIpc) is 2.77. The van der Waals surface area contributed by atoms with E-state index >= 15 is 0 Å². The largest absolute Gasteiger partial charge is 0.395 e. The molecule has 172 valence electrons. The number of nitrogens with zero attached hydrogens (tertiary/aromatic N) is 1. The first kappa shape index (κ1) is 25.4. The number of unbranched alkanes of at least 4 members (excludes halogenated alkanes) is 4. The summed E-state index contributed by atoms with van der Waals surface area (Å²) in [5, 5.41) is 9.30. The molecule has 0 aliphatic rings. The topological polar surface area (TPSA) is 74.7 Å². The lowest BCUT2D eigenvalue weighted by Crippen LogP contribution is -2.34. The van der Waals surface area contributed by atoms with E-state index < -0.39 is 5.82 Å². The Morgan fingerprint density at radius 2 is 1.44 bits per heavy atom. The highest BCUT2D eigenvalue weighted by Gasteiger charge is 2.16. The van der Waals surface area contributed by atoms with Crippen LogP contribution < -0.4 is 4.90 Å². The zero-order valence-electron chi connectivity index (χ0n) is 18.7. The van der Waals surface area contributed by atoms with Gasteiger partial charge in [0.1, 0.15) is 11.6 Å². The van der Waals surface area contributed by atoms with Crippen molar-refractivity contribution in [3.8, 4) is 0 Å². The van der Waals surface area contributed by atoms with E-state index in [1.54, 1.807) is 31.2 Å². The monoisotopic (exact) mass is 441 g/mol. The number of hydrogen-bond acceptors (Lipinski definition) is 4. The number of aliphatic hydroxyl groups excluding tert-OH is 1. The van der Waals surface area contributed by atoms with Crippen LogP contribution in [0.5, 0.6) is 0 Å². The molecule has 0 heterocycles. The van der Waals surface area contributed by atoms with Gasteiger partial charge >= 0.3 is 0 Å². The van der Waals surface area contributed by atoms with E-state index in [-0.39, 0.29) is 37.0 Å². The molecule has 0 unspecified atom stereocenters. The zero-order chi connectivity index (χ0) is 23.3. The first-order valence-electron chi connectivity index (χ1n) is 11.2. The van der Waals surface area contributed by atoms with Crippen molar-refractivity contribution in [3.63, 3.8) is 0 Å². The van der Waals surface area contributed by atoms with E-state index in [1.165, 1.54) is 29.2 Å². The SMILES string of the molecule is CC(=O)CCCCCCCC(=O)c1ccc(CC(=O)N(CCO)c2ccc(F)cc2)cc1. The third kappa shape index (κ3) is 8.71. The number of amides is 1. The summed E-state index contributed by atoms with van der Waals surface area (Å²) in [7, 11) is 0. The molecule has 2 aromatic rings. The summed E-state index contributed by atoms with van der Waals surface area (Å²) < 4.78 is 13.2. The first-order valence-corrected chi connectivity index (χ1v) is 11.2. The van der Waals surface area contributed by atoms with E-state index in [1.807, 2.05) is 0 Å². The average molecular weight is 442 g/mol. The first-order chi connectivity index (χ1) is 15.4. The molecule has 0 aromatic heterocycles. The summed E-state index contributed by atoms with van der Waals surface area (Å²) in [5.74, 6) is -0.297. The number of hydrogen-bond donors (Lipinski definition) is 1. The molecule has 5 nitrogen and oxygen atoms in total. The summed E-state index contributed by atoms with van der Waals surface area (Å²) in [6.07, 6.45) is 6.00. The highest BCUT2D eigenvalue weighted by Crippen LogP contribution is 2.17. The van der Waals surface area contributed by atoms with E-state index in [4.69, 9.17) is 0 Å². The standard InChI is InChI=1S/C26H32FNO4/c1-20(30)7-5-3-2-4-6-8-25(31)22-11-9-21(10-12-22)19-26(32)28(17-18-29)24-15-13-23(27)14-16-24/h9-16,29H,2-8,17-19H2,1H3. The van der Waals surface area contributed by atoms with Gasteiger partial charge in [0.25, 0.3) is 0 Å². The number of carbonyl (C=O) groups excluding carboxylic acids is 3. The van der Waals surface area contributed by atoms with E-state index in [2.05, 4.69) is 0 Å². The van der Waals surface area contributed by atoms with Crippen molar-refractivity contribution >= 4 is 23.2 Å². The maximum Gasteiger partial charge on any atom is 0.231 e. The summed E-state index contributed by atoms with van der Waals surface area (Å²) in [5.41, 5.74) is 1.92. The number of Topliss-reactive ketones (excluding diaryl/α,β-unsaturated/α-hetero) is 2. The smallest absolute Gasteiger partial charge is 0.231 e. The molecule has 0 bridgehead atoms. The van der Waals surface area contributed by atoms with Crippen LogP contribution in [0.2, 0.25) is 0 Å². The number of anilines is 1. The minimum atomic E-state index is -0.390. The summed E-state index contributed by atoms with van der Waals surface area (Å²) in [4.78, 5) is 37.5. The maximum absolute atomic E-state index is 13.2. The van der Waals surface area contributed by atoms with Gasteiger partial charge in [-0.2, -0.15) is 0 Å². The molecule has 0 atom stereocenters. The number of benzene rings is 2. The second kappa shape index (κ2) is 13.5. The molecule has 0 aliphatic heterocycles. The molecular formula is C26H32FNO4. The Hall–Kier alpha value is -2.86. The second-order valence-electron chi connectivity index (χ2n) is 8.01. The molecule has 2 rings (SSSR count). The Bertz CT molecular complexity index is 878. The van der Waals surface area contributed by atoms with Crippen LogP contribution in [-0.4, -0.2) is 35.7 Å². The number of carbonyl (C=O) groups is 3. The van der Waals surface area contributed by atoms with Crippen molar-refractivity contribution in [2.45, 2.75) is 58.3 Å². The normalized spacial score (nSPS) is 10.7. The van der Waals surface area contributed by atoms with Crippen molar-refractivity contribution < 1.29 is 23.9 Å². The van der Waals surface area contributed by atoms with Gasteiger partial charge in [0.15, 0.2) is 5.78 Å². The molecule has 0 saturated carbocycles. The van der Waals surface area contributed by atoms with Gasteiger partial charge in [0, 0.05) is 30.6 Å². The van der Waals surface area contributed by atoms with Gasteiger partial charge in [-0.1, -0.05) is 43.5 Å². The Morgan fingerprint density at radius 1 is 0.844 bits per heavy atom. The highest BCUT2D eigenvalue weighted by molar-refractivity contribution is 5.97. The van der Waals surface area contributed by atoms with Crippen LogP contribution in [0.3, 0.4) is 0 Å². The van der Waals surface area contributed by atoms with Crippen LogP contribution in [-0.2, 0) is 16.0 Å². The van der Waals surface area contributed by atoms with Crippen molar-refractivity contribution in [3.05, 3.63) is 65.5 Å². The van der Waals surface area contributed by atoms with Crippen molar-refractivity contribution in [1.29, 1.82) is 0 Å². The van der Waals surface area contributed by atoms with Gasteiger partial charge in [0.2, 0.25) is 5.91 Å². The molecule has 2 aromatic carbocycles. The molecule has 0 saturated heterocycles. The van der Waals surface area contributed by atoms with Crippen LogP contribution in [0.15, 0.2) is 48.5 Å². The predicted molar refractivity (Wildman–Crippen MR) is 123 cm³/mol. The number of halogens is 1. The van der Waals surface area contributed by atoms with E-state index in [0.717, 1.165) is 37.7 Å². The van der Waals surface area contributed by atoms with Crippen LogP contribution in [0.1, 0.15) is 67.8 Å². The van der Waals surface area contributed by atoms with Gasteiger partial charge in [-0.15, -0.1) is 0 Å². The molecule has 0 radical (unpaired) electrons. The van der Waals surface area contributed by atoms with Gasteiger partial charge in [-0.05, 0) is 49.6 Å². The fraction of sp³-hybridized carbons (Fsp3) is 0.423. The van der Waals surface area contributed by atoms with Gasteiger partial charge in [-0.3, -0.25) is 9.59 Å². The fourth-order valence-corrected chi connectivity index (χ4v) is 3.53. The predicted octanol–water partition coefficient (Wildman–Crippen LogP) is 4.90. The van der Waals surface area contributed by atoms with Crippen molar-refractivity contribution in [2.75, 3.05) is 18.1 Å². The van der Waals surface area contributed by atoms with Crippen LogP contribution in [0, 0.1) is 5.82 Å². The summed E-state index contributed by atoms with van der Waals surface area (Å²) in [6.45, 7) is 1.53. The van der Waals surface area contributed by atoms with Crippen LogP contribution in [0.25, 0.3) is 0 Å². The highest BCUT2D eigenvalue weighted by atomic mass is 19.1. The van der Waals surface area contributed by atoms with Gasteiger partial charge in [0.05, 0.1) is 13.0 Å². The molecule has 32 heavy (non-hydrogen) atoms. The lowest BCUT2D eigenvalue weighted by Gasteiger charge is -2.22. The van der Waals surface area contributed by atoms with E-state index in [9.17, 15) is 23.9 Å². The molecule has 6 heteroatoms. The molecule has 1 amide bonds. The van der Waals surface area contributed by atoms with Crippen LogP contribution >= 0.6 is 0 Å². The van der Waals surface area contributed by atoms with Crippen molar-refractivity contribution in [2.24, 2.45) is 0 Å². The lowest BCUT2D eigenvalue weighted by molar-refractivity contribution is -0.118. The maximum atomic E-state index is 13.2. The van der Waals surface area contributed by atoms with Crippen LogP contribution in [0.4, 0.5) is 10.1 Å². The molecular weight excluding hydrogens is 409 g/mol. The van der Waals surface area contributed by atoms with Gasteiger partial charge in [-0.25, -0.2) is 4.39 Å². The summed E-state index contributed by atoms with van der Waals surface area (Å²) >= 11 is 0. The zero-order valence-corrected chi connectivity index (χ0v) is 18.7. The minimum Gasteiger partial charge on any atom is -0.395 e. The Kier molecular flexibility index (Phi) is 10.7. The fourth-order valence-electron chi connectivity index (χ4n) is 3.53. The van der Waals surface area contributed by atoms with Gasteiger partial charge < -0.3 is 14.8 Å². The Morgan fingerprint density at radius 3 is 2.03 bits per heavy atom. The Labute approximate surface area is 189 Å². The quantitative estimate of drug-likeness (QED) is 0.334. The lowest BCUT2D eigenvalue weighted by atomic mass is 10.0. The number of ketones is 2. The molecule has 0 fully saturated rings. The molecule has 0 spiro atoms. The number of aliphatic hydroxyl groups is 1. The third-order valence-corrected chi connectivity index (χ3v) is 5.33. The molecule has 0 aliphatic carbocycles. The Balaban J connectivity index is 1.83. The second-order valence-corrected chi connectivity index (χ2v) is 8.01. The van der Waals surface area contributed by atoms with Crippen molar-refractivity contribution in [1.82, 2.24) is 0 Å². The molecule has 1 N–H and O–H groups in total.